The van der Waals surface area contributed by atoms with Gasteiger partial charge >= 0.3 is 0 Å². The topological polar surface area (TPSA) is 43.9 Å². The molecule has 3 atom stereocenters. The van der Waals surface area contributed by atoms with Crippen molar-refractivity contribution in [3.8, 4) is 0 Å². The Morgan fingerprint density at radius 1 is 0.944 bits per heavy atom. The molecule has 3 fully saturated rings. The van der Waals surface area contributed by atoms with Gasteiger partial charge in [-0.2, -0.15) is 0 Å². The van der Waals surface area contributed by atoms with Crippen LogP contribution in [0.5, 0.6) is 0 Å². The third-order valence-corrected chi connectivity index (χ3v) is 9.13. The van der Waals surface area contributed by atoms with Gasteiger partial charge in [0.2, 0.25) is 11.8 Å². The minimum absolute atomic E-state index is 0.00581. The molecule has 2 heterocycles. The molecule has 1 aliphatic carbocycles. The van der Waals surface area contributed by atoms with Crippen molar-refractivity contribution < 1.29 is 9.59 Å². The van der Waals surface area contributed by atoms with Crippen molar-refractivity contribution in [2.45, 2.75) is 97.2 Å². The molecule has 0 spiro atoms. The highest BCUT2D eigenvalue weighted by atomic mass is 35.5. The second-order valence-corrected chi connectivity index (χ2v) is 13.3. The molecule has 200 valence electrons. The smallest absolute Gasteiger partial charge is 0.227 e. The molecular formula is C30H46ClN3O2. The fourth-order valence-corrected chi connectivity index (χ4v) is 6.66. The molecule has 5 nitrogen and oxygen atoms in total. The molecule has 2 saturated heterocycles. The quantitative estimate of drug-likeness (QED) is 0.496. The predicted octanol–water partition coefficient (Wildman–Crippen LogP) is 5.82. The predicted molar refractivity (Wildman–Crippen MR) is 147 cm³/mol. The van der Waals surface area contributed by atoms with Crippen LogP contribution >= 0.6 is 11.6 Å². The first-order valence-corrected chi connectivity index (χ1v) is 14.4. The summed E-state index contributed by atoms with van der Waals surface area (Å²) in [5.74, 6) is 1.32. The van der Waals surface area contributed by atoms with Crippen LogP contribution in [0.4, 0.5) is 0 Å². The number of hydrogen-bond acceptors (Lipinski definition) is 3. The summed E-state index contributed by atoms with van der Waals surface area (Å²) in [6.45, 7) is 16.1. The normalized spacial score (nSPS) is 29.7. The van der Waals surface area contributed by atoms with Crippen LogP contribution in [-0.2, 0) is 9.59 Å². The fourth-order valence-electron chi connectivity index (χ4n) is 6.53. The summed E-state index contributed by atoms with van der Waals surface area (Å²) in [6, 6.07) is 8.49. The molecule has 0 aromatic heterocycles. The molecule has 1 saturated carbocycles. The molecule has 2 amide bonds. The molecule has 6 heteroatoms. The molecule has 4 rings (SSSR count). The Bertz CT molecular complexity index is 917. The molecule has 0 N–H and O–H groups in total. The minimum atomic E-state index is -0.0751. The van der Waals surface area contributed by atoms with E-state index in [1.807, 2.05) is 26.0 Å². The Morgan fingerprint density at radius 3 is 2.17 bits per heavy atom. The van der Waals surface area contributed by atoms with Gasteiger partial charge in [-0.15, -0.1) is 0 Å². The zero-order valence-electron chi connectivity index (χ0n) is 23.2. The van der Waals surface area contributed by atoms with Crippen molar-refractivity contribution >= 4 is 23.4 Å². The first-order chi connectivity index (χ1) is 17.0. The molecule has 36 heavy (non-hydrogen) atoms. The largest absolute Gasteiger partial charge is 0.340 e. The average Bonchev–Trinajstić information content (AvgIpc) is 3.48. The highest BCUT2D eigenvalue weighted by Gasteiger charge is 2.46. The highest BCUT2D eigenvalue weighted by Crippen LogP contribution is 2.39. The van der Waals surface area contributed by atoms with Crippen LogP contribution in [0.25, 0.3) is 0 Å². The lowest BCUT2D eigenvalue weighted by atomic mass is 9.85. The van der Waals surface area contributed by atoms with E-state index < -0.39 is 0 Å². The zero-order valence-corrected chi connectivity index (χ0v) is 23.9. The van der Waals surface area contributed by atoms with Gasteiger partial charge in [0, 0.05) is 54.6 Å². The number of nitrogens with zero attached hydrogens (tertiary/aromatic N) is 3. The van der Waals surface area contributed by atoms with Gasteiger partial charge in [-0.05, 0) is 76.5 Å². The van der Waals surface area contributed by atoms with Crippen molar-refractivity contribution in [2.24, 2.45) is 17.8 Å². The number of carbonyl (C=O) groups is 2. The van der Waals surface area contributed by atoms with Crippen LogP contribution in [0.2, 0.25) is 5.02 Å². The maximum Gasteiger partial charge on any atom is 0.227 e. The number of benzene rings is 1. The third-order valence-electron chi connectivity index (χ3n) is 8.88. The second-order valence-electron chi connectivity index (χ2n) is 12.9. The lowest BCUT2D eigenvalue weighted by Crippen LogP contribution is -2.51. The average molecular weight is 516 g/mol. The Hall–Kier alpha value is -1.59. The van der Waals surface area contributed by atoms with E-state index in [2.05, 4.69) is 54.5 Å². The number of halogens is 1. The number of carbonyl (C=O) groups excluding carboxylic acids is 2. The van der Waals surface area contributed by atoms with E-state index in [9.17, 15) is 9.59 Å². The molecule has 0 unspecified atom stereocenters. The molecule has 0 radical (unpaired) electrons. The van der Waals surface area contributed by atoms with Crippen LogP contribution in [0, 0.1) is 17.8 Å². The summed E-state index contributed by atoms with van der Waals surface area (Å²) in [4.78, 5) is 34.1. The van der Waals surface area contributed by atoms with Crippen LogP contribution in [0.3, 0.4) is 0 Å². The van der Waals surface area contributed by atoms with Crippen molar-refractivity contribution in [1.82, 2.24) is 14.7 Å². The first-order valence-electron chi connectivity index (χ1n) is 14.1. The summed E-state index contributed by atoms with van der Waals surface area (Å²) in [7, 11) is 0. The number of rotatable bonds is 5. The summed E-state index contributed by atoms with van der Waals surface area (Å²) < 4.78 is 0. The van der Waals surface area contributed by atoms with Gasteiger partial charge in [-0.3, -0.25) is 14.5 Å². The second kappa shape index (κ2) is 11.0. The van der Waals surface area contributed by atoms with Crippen molar-refractivity contribution in [2.75, 3.05) is 26.2 Å². The minimum Gasteiger partial charge on any atom is -0.340 e. The molecule has 2 aliphatic heterocycles. The van der Waals surface area contributed by atoms with Crippen LogP contribution in [0.1, 0.15) is 85.1 Å². The van der Waals surface area contributed by atoms with Gasteiger partial charge in [0.25, 0.3) is 0 Å². The van der Waals surface area contributed by atoms with Crippen LogP contribution in [0.15, 0.2) is 24.3 Å². The van der Waals surface area contributed by atoms with Crippen molar-refractivity contribution in [3.05, 3.63) is 34.9 Å². The number of hydrogen-bond donors (Lipinski definition) is 0. The van der Waals surface area contributed by atoms with Crippen LogP contribution in [-0.4, -0.2) is 70.3 Å². The molecular weight excluding hydrogens is 470 g/mol. The lowest BCUT2D eigenvalue weighted by Gasteiger charge is -2.41. The molecule has 1 aromatic rings. The highest BCUT2D eigenvalue weighted by molar-refractivity contribution is 6.30. The van der Waals surface area contributed by atoms with Gasteiger partial charge in [0.1, 0.15) is 0 Å². The van der Waals surface area contributed by atoms with E-state index in [0.717, 1.165) is 49.8 Å². The molecule has 3 aliphatic rings. The van der Waals surface area contributed by atoms with Gasteiger partial charge in [-0.1, -0.05) is 44.5 Å². The molecule has 1 aromatic carbocycles. The van der Waals surface area contributed by atoms with Gasteiger partial charge in [0.05, 0.1) is 12.0 Å². The SMILES string of the molecule is CC1CCC(N(C(=O)C(C)C)[C@H]2CCN(C(=O)[C@@H]3CN(C(C)(C)C)C[C@H]3c3ccc(Cl)cc3)C2)CC1. The standard InChI is InChI=1S/C30H46ClN3O2/c1-20(2)28(35)34(24-13-7-21(3)8-14-24)25-15-16-32(17-25)29(36)27-19-33(30(4,5)6)18-26(27)22-9-11-23(31)12-10-22/h9-12,20-21,24-27H,7-8,13-19H2,1-6H3/t21?,24?,25-,26-,27+/m0/s1. The maximum atomic E-state index is 14.0. The zero-order chi connectivity index (χ0) is 26.2. The summed E-state index contributed by atoms with van der Waals surface area (Å²) >= 11 is 6.17. The Morgan fingerprint density at radius 2 is 1.58 bits per heavy atom. The lowest BCUT2D eigenvalue weighted by molar-refractivity contribution is -0.142. The summed E-state index contributed by atoms with van der Waals surface area (Å²) in [5, 5.41) is 0.724. The van der Waals surface area contributed by atoms with E-state index in [1.54, 1.807) is 0 Å². The van der Waals surface area contributed by atoms with Gasteiger partial charge in [0.15, 0.2) is 0 Å². The van der Waals surface area contributed by atoms with Crippen LogP contribution < -0.4 is 0 Å². The van der Waals surface area contributed by atoms with Gasteiger partial charge in [-0.25, -0.2) is 0 Å². The van der Waals surface area contributed by atoms with Gasteiger partial charge < -0.3 is 9.80 Å². The Labute approximate surface area is 223 Å². The van der Waals surface area contributed by atoms with E-state index >= 15 is 0 Å². The Kier molecular flexibility index (Phi) is 8.41. The van der Waals surface area contributed by atoms with E-state index in [-0.39, 0.29) is 41.1 Å². The maximum absolute atomic E-state index is 14.0. The number of likely N-dealkylation sites (tertiary alicyclic amines) is 2. The number of amides is 2. The Balaban J connectivity index is 1.51. The summed E-state index contributed by atoms with van der Waals surface area (Å²) in [6.07, 6.45) is 5.44. The van der Waals surface area contributed by atoms with E-state index in [0.29, 0.717) is 12.6 Å². The van der Waals surface area contributed by atoms with E-state index in [4.69, 9.17) is 11.6 Å². The fraction of sp³-hybridized carbons (Fsp3) is 0.733. The summed E-state index contributed by atoms with van der Waals surface area (Å²) in [5.41, 5.74) is 1.19. The monoisotopic (exact) mass is 515 g/mol. The molecule has 0 bridgehead atoms. The van der Waals surface area contributed by atoms with Crippen molar-refractivity contribution in [1.29, 1.82) is 0 Å². The van der Waals surface area contributed by atoms with Crippen molar-refractivity contribution in [3.63, 3.8) is 0 Å². The van der Waals surface area contributed by atoms with E-state index in [1.165, 1.54) is 18.4 Å². The first kappa shape index (κ1) is 27.4. The third kappa shape index (κ3) is 5.93.